The number of hydrogen-bond donors (Lipinski definition) is 0. The highest BCUT2D eigenvalue weighted by atomic mass is 15.6. The maximum absolute atomic E-state index is 4.51. The standard InChI is InChI=1S/C20H36N6/c1-2-8-19(20-21-22-23-26(20)18-11-6-7-12-18)25-15-13-24(14-16-25)17-9-4-3-5-10-17/h17-19H,2-16H2,1H3. The Balaban J connectivity index is 1.42. The molecule has 1 unspecified atom stereocenters. The van der Waals surface area contributed by atoms with Gasteiger partial charge in [-0.15, -0.1) is 5.10 Å². The zero-order valence-electron chi connectivity index (χ0n) is 16.5. The van der Waals surface area contributed by atoms with Crippen LogP contribution < -0.4 is 0 Å². The third-order valence-electron chi connectivity index (χ3n) is 6.93. The van der Waals surface area contributed by atoms with Crippen molar-refractivity contribution in [1.82, 2.24) is 30.0 Å². The molecule has 0 amide bonds. The van der Waals surface area contributed by atoms with Crippen molar-refractivity contribution in [1.29, 1.82) is 0 Å². The highest BCUT2D eigenvalue weighted by Gasteiger charge is 2.32. The highest BCUT2D eigenvalue weighted by molar-refractivity contribution is 4.98. The molecule has 2 heterocycles. The fourth-order valence-corrected chi connectivity index (χ4v) is 5.44. The first-order valence-electron chi connectivity index (χ1n) is 11.1. The van der Waals surface area contributed by atoms with Gasteiger partial charge in [0.1, 0.15) is 0 Å². The van der Waals surface area contributed by atoms with E-state index in [1.165, 1.54) is 90.4 Å². The van der Waals surface area contributed by atoms with E-state index in [2.05, 4.69) is 36.9 Å². The average molecular weight is 361 g/mol. The van der Waals surface area contributed by atoms with E-state index in [1.807, 2.05) is 0 Å². The van der Waals surface area contributed by atoms with Crippen molar-refractivity contribution >= 4 is 0 Å². The normalized spacial score (nSPS) is 25.7. The fourth-order valence-electron chi connectivity index (χ4n) is 5.44. The zero-order valence-corrected chi connectivity index (χ0v) is 16.5. The van der Waals surface area contributed by atoms with Crippen LogP contribution in [-0.2, 0) is 0 Å². The summed E-state index contributed by atoms with van der Waals surface area (Å²) in [6.07, 6.45) is 14.6. The number of hydrogen-bond acceptors (Lipinski definition) is 5. The van der Waals surface area contributed by atoms with Gasteiger partial charge in [-0.25, -0.2) is 4.68 Å². The third kappa shape index (κ3) is 3.96. The van der Waals surface area contributed by atoms with Crippen LogP contribution in [0, 0.1) is 0 Å². The molecule has 0 N–H and O–H groups in total. The molecule has 2 saturated carbocycles. The first-order chi connectivity index (χ1) is 12.9. The van der Waals surface area contributed by atoms with Crippen molar-refractivity contribution in [3.63, 3.8) is 0 Å². The van der Waals surface area contributed by atoms with Crippen molar-refractivity contribution in [2.45, 2.75) is 95.7 Å². The number of rotatable bonds is 6. The number of tetrazole rings is 1. The van der Waals surface area contributed by atoms with Crippen LogP contribution in [0.5, 0.6) is 0 Å². The summed E-state index contributed by atoms with van der Waals surface area (Å²) in [4.78, 5) is 5.43. The SMILES string of the molecule is CCCC(c1nnnn1C1CCCC1)N1CCN(C2CCCCC2)CC1. The van der Waals surface area contributed by atoms with Crippen LogP contribution >= 0.6 is 0 Å². The van der Waals surface area contributed by atoms with Gasteiger partial charge >= 0.3 is 0 Å². The Bertz CT molecular complexity index is 538. The molecule has 0 aromatic carbocycles. The van der Waals surface area contributed by atoms with Gasteiger partial charge in [0.05, 0.1) is 12.1 Å². The number of nitrogens with zero attached hydrogens (tertiary/aromatic N) is 6. The molecule has 0 radical (unpaired) electrons. The van der Waals surface area contributed by atoms with Crippen molar-refractivity contribution < 1.29 is 0 Å². The lowest BCUT2D eigenvalue weighted by Crippen LogP contribution is -2.51. The van der Waals surface area contributed by atoms with E-state index >= 15 is 0 Å². The molecule has 1 aromatic rings. The van der Waals surface area contributed by atoms with E-state index in [0.29, 0.717) is 12.1 Å². The predicted molar refractivity (Wildman–Crippen MR) is 103 cm³/mol. The minimum Gasteiger partial charge on any atom is -0.298 e. The van der Waals surface area contributed by atoms with Crippen LogP contribution in [0.15, 0.2) is 0 Å². The van der Waals surface area contributed by atoms with Crippen LogP contribution in [0.1, 0.15) is 95.5 Å². The van der Waals surface area contributed by atoms with Crippen LogP contribution in [-0.4, -0.2) is 62.2 Å². The van der Waals surface area contributed by atoms with Gasteiger partial charge < -0.3 is 0 Å². The molecule has 3 fully saturated rings. The smallest absolute Gasteiger partial charge is 0.168 e. The van der Waals surface area contributed by atoms with Crippen LogP contribution in [0.25, 0.3) is 0 Å². The maximum Gasteiger partial charge on any atom is 0.168 e. The topological polar surface area (TPSA) is 50.1 Å². The lowest BCUT2D eigenvalue weighted by molar-refractivity contribution is 0.0495. The van der Waals surface area contributed by atoms with E-state index in [9.17, 15) is 0 Å². The largest absolute Gasteiger partial charge is 0.298 e. The number of piperazine rings is 1. The molecule has 2 aliphatic carbocycles. The molecule has 4 rings (SSSR count). The van der Waals surface area contributed by atoms with Gasteiger partial charge in [-0.1, -0.05) is 45.4 Å². The molecule has 1 saturated heterocycles. The maximum atomic E-state index is 4.51. The molecule has 6 nitrogen and oxygen atoms in total. The molecule has 1 aliphatic heterocycles. The second kappa shape index (κ2) is 8.79. The molecule has 146 valence electrons. The van der Waals surface area contributed by atoms with Gasteiger partial charge in [0.2, 0.25) is 0 Å². The lowest BCUT2D eigenvalue weighted by atomic mass is 9.93. The van der Waals surface area contributed by atoms with E-state index in [0.717, 1.165) is 18.3 Å². The van der Waals surface area contributed by atoms with Crippen molar-refractivity contribution in [2.24, 2.45) is 0 Å². The molecule has 0 bridgehead atoms. The van der Waals surface area contributed by atoms with E-state index in [-0.39, 0.29) is 0 Å². The molecule has 1 aromatic heterocycles. The highest BCUT2D eigenvalue weighted by Crippen LogP contribution is 2.33. The Hall–Kier alpha value is -1.01. The summed E-state index contributed by atoms with van der Waals surface area (Å²) in [5.74, 6) is 1.13. The first kappa shape index (κ1) is 18.4. The van der Waals surface area contributed by atoms with Gasteiger partial charge in [0, 0.05) is 32.2 Å². The van der Waals surface area contributed by atoms with Crippen LogP contribution in [0.4, 0.5) is 0 Å². The Morgan fingerprint density at radius 2 is 1.54 bits per heavy atom. The Kier molecular flexibility index (Phi) is 6.20. The molecular weight excluding hydrogens is 324 g/mol. The van der Waals surface area contributed by atoms with E-state index < -0.39 is 0 Å². The summed E-state index contributed by atoms with van der Waals surface area (Å²) in [7, 11) is 0. The van der Waals surface area contributed by atoms with Crippen molar-refractivity contribution in [2.75, 3.05) is 26.2 Å². The van der Waals surface area contributed by atoms with Crippen molar-refractivity contribution in [3.8, 4) is 0 Å². The Morgan fingerprint density at radius 1 is 0.885 bits per heavy atom. The molecule has 3 aliphatic rings. The average Bonchev–Trinajstić information content (AvgIpc) is 3.38. The monoisotopic (exact) mass is 360 g/mol. The summed E-state index contributed by atoms with van der Waals surface area (Å²) in [6, 6.07) is 1.77. The Morgan fingerprint density at radius 3 is 2.23 bits per heavy atom. The minimum absolute atomic E-state index is 0.393. The molecule has 1 atom stereocenters. The summed E-state index contributed by atoms with van der Waals surface area (Å²) in [6.45, 7) is 7.05. The lowest BCUT2D eigenvalue weighted by Gasteiger charge is -2.43. The predicted octanol–water partition coefficient (Wildman–Crippen LogP) is 3.58. The van der Waals surface area contributed by atoms with E-state index in [4.69, 9.17) is 0 Å². The van der Waals surface area contributed by atoms with Gasteiger partial charge in [0.15, 0.2) is 5.82 Å². The minimum atomic E-state index is 0.393. The fraction of sp³-hybridized carbons (Fsp3) is 0.950. The third-order valence-corrected chi connectivity index (χ3v) is 6.93. The van der Waals surface area contributed by atoms with Crippen molar-refractivity contribution in [3.05, 3.63) is 5.82 Å². The van der Waals surface area contributed by atoms with Crippen LogP contribution in [0.3, 0.4) is 0 Å². The van der Waals surface area contributed by atoms with Gasteiger partial charge in [-0.05, 0) is 42.5 Å². The van der Waals surface area contributed by atoms with Gasteiger partial charge in [-0.3, -0.25) is 9.80 Å². The zero-order chi connectivity index (χ0) is 17.8. The Labute approximate surface area is 158 Å². The summed E-state index contributed by atoms with van der Waals surface area (Å²) in [5, 5.41) is 13.0. The molecule has 0 spiro atoms. The van der Waals surface area contributed by atoms with Gasteiger partial charge in [0.25, 0.3) is 0 Å². The quantitative estimate of drug-likeness (QED) is 0.776. The summed E-state index contributed by atoms with van der Waals surface area (Å²) >= 11 is 0. The van der Waals surface area contributed by atoms with Gasteiger partial charge in [-0.2, -0.15) is 0 Å². The second-order valence-electron chi connectivity index (χ2n) is 8.59. The van der Waals surface area contributed by atoms with Crippen LogP contribution in [0.2, 0.25) is 0 Å². The second-order valence-corrected chi connectivity index (χ2v) is 8.59. The summed E-state index contributed by atoms with van der Waals surface area (Å²) in [5.41, 5.74) is 0. The number of aromatic nitrogens is 4. The molecule has 6 heteroatoms. The molecular formula is C20H36N6. The first-order valence-corrected chi connectivity index (χ1v) is 11.1. The van der Waals surface area contributed by atoms with E-state index in [1.54, 1.807) is 0 Å². The summed E-state index contributed by atoms with van der Waals surface area (Å²) < 4.78 is 2.18. The molecule has 26 heavy (non-hydrogen) atoms.